The fraction of sp³-hybridized carbons (Fsp3) is 0.786. The van der Waals surface area contributed by atoms with Gasteiger partial charge in [-0.15, -0.1) is 0 Å². The van der Waals surface area contributed by atoms with E-state index < -0.39 is 0 Å². The largest absolute Gasteiger partial charge is 0.331 e. The Morgan fingerprint density at radius 2 is 2.00 bits per heavy atom. The van der Waals surface area contributed by atoms with Crippen LogP contribution in [0.5, 0.6) is 0 Å². The number of fused-ring (bicyclic) bond motifs is 1. The molecule has 3 heterocycles. The lowest BCUT2D eigenvalue weighted by atomic mass is 10.1. The summed E-state index contributed by atoms with van der Waals surface area (Å²) in [5, 5.41) is 0. The first-order valence-electron chi connectivity index (χ1n) is 7.37. The quantitative estimate of drug-likeness (QED) is 0.885. The molecule has 100 valence electrons. The van der Waals surface area contributed by atoms with Gasteiger partial charge in [-0.2, -0.15) is 0 Å². The number of aromatic nitrogens is 2. The Morgan fingerprint density at radius 3 is 2.83 bits per heavy atom. The molecule has 0 spiro atoms. The molecule has 2 N–H and O–H groups in total. The smallest absolute Gasteiger partial charge is 0.110 e. The van der Waals surface area contributed by atoms with Gasteiger partial charge in [-0.25, -0.2) is 4.98 Å². The SMILES string of the molecule is NC1CCCn2c1cnc2CCN1CCCCC1. The van der Waals surface area contributed by atoms with Gasteiger partial charge in [0.15, 0.2) is 0 Å². The van der Waals surface area contributed by atoms with E-state index in [4.69, 9.17) is 5.73 Å². The van der Waals surface area contributed by atoms with E-state index in [9.17, 15) is 0 Å². The maximum absolute atomic E-state index is 6.13. The van der Waals surface area contributed by atoms with E-state index >= 15 is 0 Å². The predicted molar refractivity (Wildman–Crippen MR) is 72.4 cm³/mol. The lowest BCUT2D eigenvalue weighted by Gasteiger charge is -2.27. The zero-order chi connectivity index (χ0) is 12.4. The highest BCUT2D eigenvalue weighted by atomic mass is 15.1. The third-order valence-corrected chi connectivity index (χ3v) is 4.35. The Balaban J connectivity index is 1.62. The van der Waals surface area contributed by atoms with Crippen LogP contribution < -0.4 is 5.73 Å². The summed E-state index contributed by atoms with van der Waals surface area (Å²) in [7, 11) is 0. The molecule has 0 aromatic carbocycles. The minimum atomic E-state index is 0.204. The van der Waals surface area contributed by atoms with Crippen molar-refractivity contribution in [1.29, 1.82) is 0 Å². The summed E-state index contributed by atoms with van der Waals surface area (Å²) in [6.07, 6.45) is 9.51. The Morgan fingerprint density at radius 1 is 1.17 bits per heavy atom. The highest BCUT2D eigenvalue weighted by molar-refractivity contribution is 5.12. The van der Waals surface area contributed by atoms with E-state index in [1.54, 1.807) is 0 Å². The Hall–Kier alpha value is -0.870. The van der Waals surface area contributed by atoms with Crippen molar-refractivity contribution in [2.45, 2.75) is 51.1 Å². The second kappa shape index (κ2) is 5.41. The van der Waals surface area contributed by atoms with Gasteiger partial charge < -0.3 is 15.2 Å². The molecule has 18 heavy (non-hydrogen) atoms. The molecule has 0 saturated carbocycles. The minimum absolute atomic E-state index is 0.204. The summed E-state index contributed by atoms with van der Waals surface area (Å²) in [6.45, 7) is 4.81. The summed E-state index contributed by atoms with van der Waals surface area (Å²) >= 11 is 0. The van der Waals surface area contributed by atoms with Crippen LogP contribution in [-0.2, 0) is 13.0 Å². The Bertz CT molecular complexity index is 392. The van der Waals surface area contributed by atoms with Gasteiger partial charge in [0, 0.05) is 25.6 Å². The zero-order valence-corrected chi connectivity index (χ0v) is 11.1. The van der Waals surface area contributed by atoms with Crippen molar-refractivity contribution in [3.8, 4) is 0 Å². The molecule has 1 atom stereocenters. The molecule has 1 fully saturated rings. The second-order valence-corrected chi connectivity index (χ2v) is 5.65. The van der Waals surface area contributed by atoms with E-state index in [0.717, 1.165) is 25.9 Å². The maximum atomic E-state index is 6.13. The van der Waals surface area contributed by atoms with Gasteiger partial charge in [-0.3, -0.25) is 0 Å². The van der Waals surface area contributed by atoms with Crippen molar-refractivity contribution < 1.29 is 0 Å². The maximum Gasteiger partial charge on any atom is 0.110 e. The molecule has 1 saturated heterocycles. The van der Waals surface area contributed by atoms with Crippen molar-refractivity contribution in [1.82, 2.24) is 14.5 Å². The second-order valence-electron chi connectivity index (χ2n) is 5.65. The van der Waals surface area contributed by atoms with Gasteiger partial charge in [-0.05, 0) is 38.8 Å². The van der Waals surface area contributed by atoms with E-state index in [1.165, 1.54) is 50.3 Å². The number of rotatable bonds is 3. The normalized spacial score (nSPS) is 25.1. The monoisotopic (exact) mass is 248 g/mol. The van der Waals surface area contributed by atoms with E-state index in [1.807, 2.05) is 6.20 Å². The van der Waals surface area contributed by atoms with Gasteiger partial charge in [0.05, 0.1) is 11.9 Å². The number of nitrogens with zero attached hydrogens (tertiary/aromatic N) is 3. The summed E-state index contributed by atoms with van der Waals surface area (Å²) < 4.78 is 2.36. The number of imidazole rings is 1. The van der Waals surface area contributed by atoms with Crippen molar-refractivity contribution in [3.05, 3.63) is 17.7 Å². The standard InChI is InChI=1S/C14H24N4/c15-12-5-4-9-18-13(12)11-16-14(18)6-10-17-7-2-1-3-8-17/h11-12H,1-10,15H2. The summed E-state index contributed by atoms with van der Waals surface area (Å²) in [4.78, 5) is 7.17. The number of nitrogens with two attached hydrogens (primary N) is 1. The first-order valence-corrected chi connectivity index (χ1v) is 7.37. The average molecular weight is 248 g/mol. The summed E-state index contributed by atoms with van der Waals surface area (Å²) in [6, 6.07) is 0.204. The fourth-order valence-electron chi connectivity index (χ4n) is 3.24. The first kappa shape index (κ1) is 12.2. The molecule has 1 aromatic rings. The van der Waals surface area contributed by atoms with Crippen molar-refractivity contribution >= 4 is 0 Å². The minimum Gasteiger partial charge on any atom is -0.331 e. The van der Waals surface area contributed by atoms with Crippen LogP contribution in [0.25, 0.3) is 0 Å². The van der Waals surface area contributed by atoms with Crippen molar-refractivity contribution in [3.63, 3.8) is 0 Å². The lowest BCUT2D eigenvalue weighted by molar-refractivity contribution is 0.229. The molecule has 3 rings (SSSR count). The van der Waals surface area contributed by atoms with Gasteiger partial charge in [-0.1, -0.05) is 6.42 Å². The molecular weight excluding hydrogens is 224 g/mol. The predicted octanol–water partition coefficient (Wildman–Crippen LogP) is 1.71. The molecule has 0 radical (unpaired) electrons. The third-order valence-electron chi connectivity index (χ3n) is 4.35. The van der Waals surface area contributed by atoms with Crippen molar-refractivity contribution in [2.24, 2.45) is 5.73 Å². The van der Waals surface area contributed by atoms with E-state index in [0.29, 0.717) is 0 Å². The molecule has 4 heteroatoms. The molecule has 1 unspecified atom stereocenters. The van der Waals surface area contributed by atoms with Gasteiger partial charge >= 0.3 is 0 Å². The molecule has 0 amide bonds. The van der Waals surface area contributed by atoms with E-state index in [-0.39, 0.29) is 6.04 Å². The van der Waals surface area contributed by atoms with Crippen LogP contribution in [0, 0.1) is 0 Å². The van der Waals surface area contributed by atoms with Gasteiger partial charge in [0.1, 0.15) is 5.82 Å². The van der Waals surface area contributed by atoms with Gasteiger partial charge in [0.2, 0.25) is 0 Å². The van der Waals surface area contributed by atoms with Crippen LogP contribution in [0.4, 0.5) is 0 Å². The number of likely N-dealkylation sites (tertiary alicyclic amines) is 1. The Labute approximate surface area is 109 Å². The first-order chi connectivity index (χ1) is 8.84. The van der Waals surface area contributed by atoms with E-state index in [2.05, 4.69) is 14.5 Å². The van der Waals surface area contributed by atoms with Crippen LogP contribution in [0.1, 0.15) is 49.7 Å². The molecule has 0 bridgehead atoms. The zero-order valence-electron chi connectivity index (χ0n) is 11.1. The number of piperidine rings is 1. The highest BCUT2D eigenvalue weighted by Crippen LogP contribution is 2.24. The molecular formula is C14H24N4. The van der Waals surface area contributed by atoms with Crippen LogP contribution in [0.15, 0.2) is 6.20 Å². The van der Waals surface area contributed by atoms with Crippen molar-refractivity contribution in [2.75, 3.05) is 19.6 Å². The molecule has 4 nitrogen and oxygen atoms in total. The summed E-state index contributed by atoms with van der Waals surface area (Å²) in [5.41, 5.74) is 7.37. The van der Waals surface area contributed by atoms with Gasteiger partial charge in [0.25, 0.3) is 0 Å². The topological polar surface area (TPSA) is 47.1 Å². The third kappa shape index (κ3) is 2.45. The molecule has 2 aliphatic rings. The molecule has 2 aliphatic heterocycles. The molecule has 1 aromatic heterocycles. The van der Waals surface area contributed by atoms with Crippen LogP contribution >= 0.6 is 0 Å². The number of hydrogen-bond acceptors (Lipinski definition) is 3. The average Bonchev–Trinajstić information content (AvgIpc) is 2.82. The highest BCUT2D eigenvalue weighted by Gasteiger charge is 2.20. The Kier molecular flexibility index (Phi) is 3.66. The fourth-order valence-corrected chi connectivity index (χ4v) is 3.24. The number of hydrogen-bond donors (Lipinski definition) is 1. The lowest BCUT2D eigenvalue weighted by Crippen LogP contribution is -2.32. The van der Waals surface area contributed by atoms with Crippen LogP contribution in [0.3, 0.4) is 0 Å². The van der Waals surface area contributed by atoms with Crippen LogP contribution in [-0.4, -0.2) is 34.1 Å². The summed E-state index contributed by atoms with van der Waals surface area (Å²) in [5.74, 6) is 1.24. The molecule has 0 aliphatic carbocycles. The van der Waals surface area contributed by atoms with Crippen LogP contribution in [0.2, 0.25) is 0 Å².